The molecule has 0 saturated heterocycles. The number of anilines is 1. The van der Waals surface area contributed by atoms with Crippen LogP contribution in [0.5, 0.6) is 0 Å². The predicted molar refractivity (Wildman–Crippen MR) is 83.2 cm³/mol. The fraction of sp³-hybridized carbons (Fsp3) is 0.500. The average Bonchev–Trinajstić information content (AvgIpc) is 2.37. The molecule has 0 aliphatic rings. The number of halogens is 1. The second-order valence-electron chi connectivity index (χ2n) is 4.39. The molecule has 1 rings (SSSR count). The minimum absolute atomic E-state index is 0.0847. The van der Waals surface area contributed by atoms with Crippen molar-refractivity contribution in [2.24, 2.45) is 5.73 Å². The van der Waals surface area contributed by atoms with E-state index in [2.05, 4.69) is 24.1 Å². The maximum Gasteiger partial charge on any atom is 0.135 e. The zero-order chi connectivity index (χ0) is 14.3. The number of likely N-dealkylation sites (N-methyl/N-ethyl adjacent to an activating group) is 1. The topological polar surface area (TPSA) is 41.3 Å². The summed E-state index contributed by atoms with van der Waals surface area (Å²) in [5, 5.41) is 3.21. The molecule has 5 heteroatoms. The largest absolute Gasteiger partial charge is 0.389 e. The molecule has 1 aromatic rings. The van der Waals surface area contributed by atoms with Crippen molar-refractivity contribution < 1.29 is 4.39 Å². The Kier molecular flexibility index (Phi) is 6.73. The van der Waals surface area contributed by atoms with E-state index in [0.717, 1.165) is 32.6 Å². The molecule has 0 heterocycles. The summed E-state index contributed by atoms with van der Waals surface area (Å²) in [5.74, 6) is -0.376. The summed E-state index contributed by atoms with van der Waals surface area (Å²) in [6.07, 6.45) is 1.13. The van der Waals surface area contributed by atoms with Crippen LogP contribution in [0.3, 0.4) is 0 Å². The number of hydrogen-bond donors (Lipinski definition) is 2. The van der Waals surface area contributed by atoms with Gasteiger partial charge in [-0.05, 0) is 31.6 Å². The van der Waals surface area contributed by atoms with Gasteiger partial charge in [-0.15, -0.1) is 0 Å². The predicted octanol–water partition coefficient (Wildman–Crippen LogP) is 2.60. The molecule has 19 heavy (non-hydrogen) atoms. The Balaban J connectivity index is 2.63. The highest BCUT2D eigenvalue weighted by atomic mass is 32.1. The highest BCUT2D eigenvalue weighted by Crippen LogP contribution is 2.18. The first-order valence-corrected chi connectivity index (χ1v) is 7.05. The second kappa shape index (κ2) is 8.07. The quantitative estimate of drug-likeness (QED) is 0.720. The minimum Gasteiger partial charge on any atom is -0.389 e. The molecule has 0 spiro atoms. The molecule has 0 radical (unpaired) electrons. The fourth-order valence-electron chi connectivity index (χ4n) is 2.01. The van der Waals surface area contributed by atoms with Crippen LogP contribution in [0.4, 0.5) is 10.1 Å². The van der Waals surface area contributed by atoms with Gasteiger partial charge < -0.3 is 16.0 Å². The Bertz CT molecular complexity index is 423. The first-order valence-electron chi connectivity index (χ1n) is 6.64. The highest BCUT2D eigenvalue weighted by Gasteiger charge is 2.10. The van der Waals surface area contributed by atoms with Crippen LogP contribution in [0, 0.1) is 5.82 Å². The van der Waals surface area contributed by atoms with Crippen LogP contribution in [0.2, 0.25) is 0 Å². The van der Waals surface area contributed by atoms with Gasteiger partial charge in [-0.2, -0.15) is 0 Å². The molecule has 0 fully saturated rings. The minimum atomic E-state index is -0.376. The Morgan fingerprint density at radius 2 is 2.11 bits per heavy atom. The van der Waals surface area contributed by atoms with Crippen LogP contribution in [0.1, 0.15) is 25.8 Å². The number of nitrogens with zero attached hydrogens (tertiary/aromatic N) is 1. The summed E-state index contributed by atoms with van der Waals surface area (Å²) in [6, 6.07) is 4.83. The molecule has 106 valence electrons. The summed E-state index contributed by atoms with van der Waals surface area (Å²) in [6.45, 7) is 8.04. The van der Waals surface area contributed by atoms with Crippen molar-refractivity contribution in [2.75, 3.05) is 31.5 Å². The molecule has 3 N–H and O–H groups in total. The lowest BCUT2D eigenvalue weighted by Crippen LogP contribution is -2.30. The van der Waals surface area contributed by atoms with Gasteiger partial charge in [0.05, 0.1) is 5.56 Å². The third-order valence-electron chi connectivity index (χ3n) is 2.99. The summed E-state index contributed by atoms with van der Waals surface area (Å²) >= 11 is 4.89. The summed E-state index contributed by atoms with van der Waals surface area (Å²) in [4.78, 5) is 2.42. The van der Waals surface area contributed by atoms with Crippen molar-refractivity contribution in [3.8, 4) is 0 Å². The Morgan fingerprint density at radius 1 is 1.37 bits per heavy atom. The summed E-state index contributed by atoms with van der Waals surface area (Å²) in [7, 11) is 0. The number of rotatable bonds is 8. The van der Waals surface area contributed by atoms with Crippen molar-refractivity contribution in [1.82, 2.24) is 4.90 Å². The van der Waals surface area contributed by atoms with Gasteiger partial charge in [-0.25, -0.2) is 4.39 Å². The molecule has 0 aliphatic carbocycles. The van der Waals surface area contributed by atoms with Crippen LogP contribution >= 0.6 is 12.2 Å². The van der Waals surface area contributed by atoms with Crippen LogP contribution in [0.15, 0.2) is 18.2 Å². The third kappa shape index (κ3) is 4.76. The first-order chi connectivity index (χ1) is 9.10. The van der Waals surface area contributed by atoms with E-state index < -0.39 is 0 Å². The maximum atomic E-state index is 13.7. The van der Waals surface area contributed by atoms with E-state index in [1.807, 2.05) is 0 Å². The molecule has 0 atom stereocenters. The smallest absolute Gasteiger partial charge is 0.135 e. The van der Waals surface area contributed by atoms with Crippen molar-refractivity contribution >= 4 is 22.9 Å². The van der Waals surface area contributed by atoms with Crippen molar-refractivity contribution in [1.29, 1.82) is 0 Å². The monoisotopic (exact) mass is 283 g/mol. The number of nitrogens with one attached hydrogen (secondary N) is 1. The zero-order valence-corrected chi connectivity index (χ0v) is 12.4. The van der Waals surface area contributed by atoms with E-state index >= 15 is 0 Å². The van der Waals surface area contributed by atoms with E-state index in [1.165, 1.54) is 6.07 Å². The third-order valence-corrected chi connectivity index (χ3v) is 3.19. The second-order valence-corrected chi connectivity index (χ2v) is 4.83. The van der Waals surface area contributed by atoms with Crippen LogP contribution in [0.25, 0.3) is 0 Å². The number of nitrogens with two attached hydrogens (primary N) is 1. The van der Waals surface area contributed by atoms with Crippen LogP contribution in [-0.4, -0.2) is 36.1 Å². The van der Waals surface area contributed by atoms with Gasteiger partial charge in [0.1, 0.15) is 10.8 Å². The lowest BCUT2D eigenvalue weighted by Gasteiger charge is -2.20. The molecular formula is C14H22FN3S. The molecule has 1 aromatic carbocycles. The maximum absolute atomic E-state index is 13.7. The lowest BCUT2D eigenvalue weighted by atomic mass is 10.1. The molecule has 0 saturated carbocycles. The van der Waals surface area contributed by atoms with Gasteiger partial charge in [0, 0.05) is 18.8 Å². The Morgan fingerprint density at radius 3 is 2.68 bits per heavy atom. The van der Waals surface area contributed by atoms with Crippen LogP contribution in [-0.2, 0) is 0 Å². The van der Waals surface area contributed by atoms with Crippen LogP contribution < -0.4 is 11.1 Å². The van der Waals surface area contributed by atoms with Gasteiger partial charge in [0.25, 0.3) is 0 Å². The van der Waals surface area contributed by atoms with Crippen molar-refractivity contribution in [3.63, 3.8) is 0 Å². The summed E-state index contributed by atoms with van der Waals surface area (Å²) < 4.78 is 13.7. The van der Waals surface area contributed by atoms with E-state index in [-0.39, 0.29) is 10.8 Å². The average molecular weight is 283 g/mol. The standard InChI is InChI=1S/C14H22FN3S/c1-3-9-18(4-2)10-8-17-12-7-5-6-11(15)13(12)14(16)19/h5-7,17H,3-4,8-10H2,1-2H3,(H2,16,19). The van der Waals surface area contributed by atoms with E-state index in [0.29, 0.717) is 11.3 Å². The first kappa shape index (κ1) is 15.9. The van der Waals surface area contributed by atoms with E-state index in [9.17, 15) is 4.39 Å². The summed E-state index contributed by atoms with van der Waals surface area (Å²) in [5.41, 5.74) is 6.53. The SMILES string of the molecule is CCCN(CC)CCNc1cccc(F)c1C(N)=S. The number of benzene rings is 1. The molecule has 0 bridgehead atoms. The number of thiocarbonyl (C=S) groups is 1. The molecule has 0 aromatic heterocycles. The number of hydrogen-bond acceptors (Lipinski definition) is 3. The van der Waals surface area contributed by atoms with Crippen molar-refractivity contribution in [2.45, 2.75) is 20.3 Å². The molecular weight excluding hydrogens is 261 g/mol. The Hall–Kier alpha value is -1.20. The zero-order valence-electron chi connectivity index (χ0n) is 11.6. The lowest BCUT2D eigenvalue weighted by molar-refractivity contribution is 0.300. The van der Waals surface area contributed by atoms with Gasteiger partial charge in [0.15, 0.2) is 0 Å². The Labute approximate surface area is 120 Å². The molecule has 0 amide bonds. The molecule has 0 aliphatic heterocycles. The van der Waals surface area contributed by atoms with E-state index in [4.69, 9.17) is 18.0 Å². The van der Waals surface area contributed by atoms with Crippen molar-refractivity contribution in [3.05, 3.63) is 29.6 Å². The van der Waals surface area contributed by atoms with Gasteiger partial charge >= 0.3 is 0 Å². The highest BCUT2D eigenvalue weighted by molar-refractivity contribution is 7.80. The van der Waals surface area contributed by atoms with Gasteiger partial charge in [-0.3, -0.25) is 0 Å². The van der Waals surface area contributed by atoms with E-state index in [1.54, 1.807) is 12.1 Å². The van der Waals surface area contributed by atoms with Gasteiger partial charge in [-0.1, -0.05) is 32.1 Å². The molecule has 0 unspecified atom stereocenters. The van der Waals surface area contributed by atoms with Gasteiger partial charge in [0.2, 0.25) is 0 Å². The fourth-order valence-corrected chi connectivity index (χ4v) is 2.22. The normalized spacial score (nSPS) is 10.7. The molecule has 3 nitrogen and oxygen atoms in total.